The molecular formula is C10H18O4. The molecule has 0 aliphatic carbocycles. The lowest BCUT2D eigenvalue weighted by Gasteiger charge is -2.25. The number of carbonyl (C=O) groups excluding carboxylic acids is 1. The van der Waals surface area contributed by atoms with Crippen LogP contribution in [0.15, 0.2) is 0 Å². The molecule has 0 aromatic rings. The van der Waals surface area contributed by atoms with Gasteiger partial charge in [-0.15, -0.1) is 0 Å². The van der Waals surface area contributed by atoms with Gasteiger partial charge in [0.05, 0.1) is 6.61 Å². The van der Waals surface area contributed by atoms with Gasteiger partial charge in [-0.1, -0.05) is 0 Å². The molecule has 0 unspecified atom stereocenters. The fourth-order valence-electron chi connectivity index (χ4n) is 1.36. The quantitative estimate of drug-likeness (QED) is 0.648. The van der Waals surface area contributed by atoms with Crippen LogP contribution in [-0.4, -0.2) is 31.6 Å². The maximum absolute atomic E-state index is 11.2. The third-order valence-electron chi connectivity index (χ3n) is 2.11. The Balaban J connectivity index is 2.24. The largest absolute Gasteiger partial charge is 0.464 e. The van der Waals surface area contributed by atoms with Crippen molar-refractivity contribution < 1.29 is 19.0 Å². The van der Waals surface area contributed by atoms with Gasteiger partial charge >= 0.3 is 5.97 Å². The van der Waals surface area contributed by atoms with E-state index in [0.29, 0.717) is 6.61 Å². The van der Waals surface area contributed by atoms with E-state index >= 15 is 0 Å². The van der Waals surface area contributed by atoms with Crippen LogP contribution in [0.25, 0.3) is 0 Å². The van der Waals surface area contributed by atoms with E-state index in [0.717, 1.165) is 25.9 Å². The summed E-state index contributed by atoms with van der Waals surface area (Å²) in [6.45, 7) is 4.58. The second-order valence-electron chi connectivity index (χ2n) is 3.33. The lowest BCUT2D eigenvalue weighted by molar-refractivity contribution is -0.200. The molecule has 1 aliphatic heterocycles. The Hall–Kier alpha value is -0.610. The van der Waals surface area contributed by atoms with Crippen LogP contribution >= 0.6 is 0 Å². The first-order valence-corrected chi connectivity index (χ1v) is 5.17. The Kier molecular flexibility index (Phi) is 4.90. The molecule has 0 saturated carbocycles. The van der Waals surface area contributed by atoms with E-state index in [1.54, 1.807) is 13.8 Å². The molecule has 4 nitrogen and oxygen atoms in total. The first kappa shape index (κ1) is 11.5. The number of hydrogen-bond donors (Lipinski definition) is 0. The van der Waals surface area contributed by atoms with Gasteiger partial charge in [0.15, 0.2) is 12.4 Å². The zero-order valence-corrected chi connectivity index (χ0v) is 8.82. The fraction of sp³-hybridized carbons (Fsp3) is 0.900. The predicted octanol–water partition coefficient (Wildman–Crippen LogP) is 1.48. The molecule has 0 aromatic heterocycles. The van der Waals surface area contributed by atoms with Crippen LogP contribution in [0, 0.1) is 0 Å². The monoisotopic (exact) mass is 202 g/mol. The Labute approximate surface area is 84.5 Å². The van der Waals surface area contributed by atoms with Gasteiger partial charge in [-0.25, -0.2) is 4.79 Å². The molecule has 2 atom stereocenters. The average Bonchev–Trinajstić information content (AvgIpc) is 2.19. The Morgan fingerprint density at radius 1 is 1.57 bits per heavy atom. The molecule has 0 spiro atoms. The van der Waals surface area contributed by atoms with Gasteiger partial charge in [-0.2, -0.15) is 0 Å². The zero-order chi connectivity index (χ0) is 10.4. The highest BCUT2D eigenvalue weighted by atomic mass is 16.7. The molecule has 0 bridgehead atoms. The second kappa shape index (κ2) is 5.98. The number of ether oxygens (including phenoxy) is 3. The summed E-state index contributed by atoms with van der Waals surface area (Å²) in [7, 11) is 0. The van der Waals surface area contributed by atoms with Gasteiger partial charge in [0.25, 0.3) is 0 Å². The summed E-state index contributed by atoms with van der Waals surface area (Å²) in [6, 6.07) is 0. The van der Waals surface area contributed by atoms with Crippen molar-refractivity contribution in [1.29, 1.82) is 0 Å². The molecule has 14 heavy (non-hydrogen) atoms. The number of hydrogen-bond acceptors (Lipinski definition) is 4. The molecule has 4 heteroatoms. The number of carbonyl (C=O) groups is 1. The lowest BCUT2D eigenvalue weighted by Crippen LogP contribution is -2.32. The highest BCUT2D eigenvalue weighted by Gasteiger charge is 2.22. The van der Waals surface area contributed by atoms with E-state index in [-0.39, 0.29) is 12.3 Å². The lowest BCUT2D eigenvalue weighted by atomic mass is 10.2. The van der Waals surface area contributed by atoms with Crippen LogP contribution in [0.3, 0.4) is 0 Å². The van der Waals surface area contributed by atoms with Gasteiger partial charge in [-0.05, 0) is 33.1 Å². The molecule has 0 aromatic carbocycles. The van der Waals surface area contributed by atoms with Crippen molar-refractivity contribution in [3.63, 3.8) is 0 Å². The van der Waals surface area contributed by atoms with E-state index in [9.17, 15) is 4.79 Å². The van der Waals surface area contributed by atoms with Gasteiger partial charge < -0.3 is 14.2 Å². The van der Waals surface area contributed by atoms with E-state index in [2.05, 4.69) is 0 Å². The summed E-state index contributed by atoms with van der Waals surface area (Å²) in [5, 5.41) is 0. The van der Waals surface area contributed by atoms with Crippen molar-refractivity contribution >= 4 is 5.97 Å². The van der Waals surface area contributed by atoms with Gasteiger partial charge in [0.2, 0.25) is 0 Å². The summed E-state index contributed by atoms with van der Waals surface area (Å²) in [4.78, 5) is 11.2. The van der Waals surface area contributed by atoms with Crippen LogP contribution < -0.4 is 0 Å². The normalized spacial score (nSPS) is 24.3. The molecule has 1 saturated heterocycles. The molecule has 0 radical (unpaired) electrons. The van der Waals surface area contributed by atoms with Crippen molar-refractivity contribution in [1.82, 2.24) is 0 Å². The second-order valence-corrected chi connectivity index (χ2v) is 3.33. The van der Waals surface area contributed by atoms with Crippen molar-refractivity contribution in [3.8, 4) is 0 Å². The van der Waals surface area contributed by atoms with Crippen molar-refractivity contribution in [3.05, 3.63) is 0 Å². The van der Waals surface area contributed by atoms with Crippen LogP contribution in [0.1, 0.15) is 33.1 Å². The molecule has 0 amide bonds. The number of rotatable bonds is 4. The van der Waals surface area contributed by atoms with E-state index in [4.69, 9.17) is 14.2 Å². The maximum atomic E-state index is 11.2. The Bertz CT molecular complexity index is 175. The van der Waals surface area contributed by atoms with Crippen LogP contribution in [0.4, 0.5) is 0 Å². The fourth-order valence-corrected chi connectivity index (χ4v) is 1.36. The van der Waals surface area contributed by atoms with Crippen LogP contribution in [0.2, 0.25) is 0 Å². The molecule has 1 heterocycles. The van der Waals surface area contributed by atoms with Gasteiger partial charge in [0.1, 0.15) is 0 Å². The van der Waals surface area contributed by atoms with Crippen LogP contribution in [0.5, 0.6) is 0 Å². The molecule has 82 valence electrons. The maximum Gasteiger partial charge on any atom is 0.335 e. The summed E-state index contributed by atoms with van der Waals surface area (Å²) < 4.78 is 15.6. The number of esters is 1. The molecule has 1 fully saturated rings. The zero-order valence-electron chi connectivity index (χ0n) is 8.82. The highest BCUT2D eigenvalue weighted by molar-refractivity contribution is 5.74. The van der Waals surface area contributed by atoms with Crippen molar-refractivity contribution in [2.45, 2.75) is 45.5 Å². The average molecular weight is 202 g/mol. The predicted molar refractivity (Wildman–Crippen MR) is 50.8 cm³/mol. The van der Waals surface area contributed by atoms with E-state index in [1.807, 2.05) is 0 Å². The minimum atomic E-state index is -0.530. The third-order valence-corrected chi connectivity index (χ3v) is 2.11. The summed E-state index contributed by atoms with van der Waals surface area (Å²) in [6.07, 6.45) is 2.28. The van der Waals surface area contributed by atoms with E-state index in [1.165, 1.54) is 0 Å². The van der Waals surface area contributed by atoms with Crippen LogP contribution in [-0.2, 0) is 19.0 Å². The summed E-state index contributed by atoms with van der Waals surface area (Å²) in [5.74, 6) is -0.318. The molecule has 0 N–H and O–H groups in total. The van der Waals surface area contributed by atoms with Crippen molar-refractivity contribution in [2.24, 2.45) is 0 Å². The minimum absolute atomic E-state index is 0.233. The first-order valence-electron chi connectivity index (χ1n) is 5.17. The minimum Gasteiger partial charge on any atom is -0.464 e. The first-order chi connectivity index (χ1) is 6.74. The SMILES string of the molecule is CCOC(=O)[C@@H](C)O[C@@H]1CCCCO1. The standard InChI is InChI=1S/C10H18O4/c1-3-12-10(11)8(2)14-9-6-4-5-7-13-9/h8-9H,3-7H2,1-2H3/t8-,9-/m1/s1. The smallest absolute Gasteiger partial charge is 0.335 e. The Morgan fingerprint density at radius 2 is 2.36 bits per heavy atom. The highest BCUT2D eigenvalue weighted by Crippen LogP contribution is 2.15. The summed E-state index contributed by atoms with van der Waals surface area (Å²) >= 11 is 0. The molecular weight excluding hydrogens is 184 g/mol. The van der Waals surface area contributed by atoms with Crippen molar-refractivity contribution in [2.75, 3.05) is 13.2 Å². The summed E-state index contributed by atoms with van der Waals surface area (Å²) in [5.41, 5.74) is 0. The Morgan fingerprint density at radius 3 is 2.93 bits per heavy atom. The molecule has 1 aliphatic rings. The van der Waals surface area contributed by atoms with Gasteiger partial charge in [-0.3, -0.25) is 0 Å². The van der Waals surface area contributed by atoms with Gasteiger partial charge in [0, 0.05) is 6.61 Å². The topological polar surface area (TPSA) is 44.8 Å². The molecule has 1 rings (SSSR count). The van der Waals surface area contributed by atoms with E-state index < -0.39 is 6.10 Å². The third kappa shape index (κ3) is 3.64.